The molecular formula is C24H34N2O2S. The molecule has 0 saturated heterocycles. The van der Waals surface area contributed by atoms with E-state index >= 15 is 0 Å². The highest BCUT2D eigenvalue weighted by atomic mass is 32.1. The van der Waals surface area contributed by atoms with E-state index in [1.54, 1.807) is 16.2 Å². The Balaban J connectivity index is 2.21. The topological polar surface area (TPSA) is 40.6 Å². The third-order valence-electron chi connectivity index (χ3n) is 5.20. The fourth-order valence-electron chi connectivity index (χ4n) is 3.20. The van der Waals surface area contributed by atoms with Gasteiger partial charge in [0, 0.05) is 23.9 Å². The molecule has 0 N–H and O–H groups in total. The van der Waals surface area contributed by atoms with Gasteiger partial charge in [0.15, 0.2) is 0 Å². The number of nitrogens with zero attached hydrogens (tertiary/aromatic N) is 2. The summed E-state index contributed by atoms with van der Waals surface area (Å²) in [4.78, 5) is 31.0. The molecule has 2 aromatic rings. The molecule has 0 aliphatic heterocycles. The average Bonchev–Trinajstić information content (AvgIpc) is 3.09. The van der Waals surface area contributed by atoms with Gasteiger partial charge in [0.1, 0.15) is 6.54 Å². The molecule has 2 rings (SSSR count). The van der Waals surface area contributed by atoms with Crippen molar-refractivity contribution in [1.29, 1.82) is 0 Å². The summed E-state index contributed by atoms with van der Waals surface area (Å²) in [5.41, 5.74) is 2.30. The van der Waals surface area contributed by atoms with E-state index in [1.807, 2.05) is 56.0 Å². The lowest BCUT2D eigenvalue weighted by Gasteiger charge is -2.32. The van der Waals surface area contributed by atoms with Crippen LogP contribution in [0.4, 0.5) is 0 Å². The molecule has 2 amide bonds. The Kier molecular flexibility index (Phi) is 8.90. The van der Waals surface area contributed by atoms with Crippen molar-refractivity contribution >= 4 is 23.2 Å². The van der Waals surface area contributed by atoms with E-state index in [4.69, 9.17) is 0 Å². The van der Waals surface area contributed by atoms with E-state index in [0.29, 0.717) is 19.5 Å². The summed E-state index contributed by atoms with van der Waals surface area (Å²) in [5, 5.41) is 2.06. The van der Waals surface area contributed by atoms with Crippen LogP contribution in [0.1, 0.15) is 56.5 Å². The van der Waals surface area contributed by atoms with E-state index in [0.717, 1.165) is 12.0 Å². The normalized spacial score (nSPS) is 12.1. The molecule has 0 bridgehead atoms. The minimum Gasteiger partial charge on any atom is -0.332 e. The van der Waals surface area contributed by atoms with E-state index in [9.17, 15) is 9.59 Å². The Hall–Kier alpha value is -2.14. The summed E-state index contributed by atoms with van der Waals surface area (Å²) in [7, 11) is 0. The molecule has 0 fully saturated rings. The number of hydrogen-bond acceptors (Lipinski definition) is 3. The Labute approximate surface area is 179 Å². The monoisotopic (exact) mass is 414 g/mol. The van der Waals surface area contributed by atoms with Crippen LogP contribution in [0.2, 0.25) is 0 Å². The molecule has 1 aromatic carbocycles. The molecule has 0 radical (unpaired) electrons. The van der Waals surface area contributed by atoms with Crippen molar-refractivity contribution in [2.75, 3.05) is 6.54 Å². The third kappa shape index (κ3) is 7.00. The third-order valence-corrected chi connectivity index (χ3v) is 6.21. The average molecular weight is 415 g/mol. The van der Waals surface area contributed by atoms with Crippen molar-refractivity contribution in [3.05, 3.63) is 57.8 Å². The van der Waals surface area contributed by atoms with Gasteiger partial charge < -0.3 is 9.80 Å². The zero-order chi connectivity index (χ0) is 21.4. The van der Waals surface area contributed by atoms with Crippen molar-refractivity contribution in [2.24, 2.45) is 5.92 Å². The maximum absolute atomic E-state index is 13.3. The molecule has 1 atom stereocenters. The Morgan fingerprint density at radius 3 is 2.24 bits per heavy atom. The van der Waals surface area contributed by atoms with Crippen LogP contribution in [-0.4, -0.2) is 34.2 Å². The molecule has 4 nitrogen and oxygen atoms in total. The molecule has 0 aliphatic carbocycles. The van der Waals surface area contributed by atoms with Gasteiger partial charge in [0.05, 0.1) is 6.54 Å². The Morgan fingerprint density at radius 2 is 1.69 bits per heavy atom. The van der Waals surface area contributed by atoms with Crippen LogP contribution < -0.4 is 0 Å². The van der Waals surface area contributed by atoms with Crippen LogP contribution in [0.25, 0.3) is 0 Å². The smallest absolute Gasteiger partial charge is 0.242 e. The number of carbonyl (C=O) groups is 2. The second-order valence-corrected chi connectivity index (χ2v) is 9.14. The molecular weight excluding hydrogens is 380 g/mol. The van der Waals surface area contributed by atoms with Crippen LogP contribution >= 0.6 is 11.3 Å². The zero-order valence-corrected chi connectivity index (χ0v) is 19.2. The van der Waals surface area contributed by atoms with Gasteiger partial charge in [-0.1, -0.05) is 51.1 Å². The van der Waals surface area contributed by atoms with Gasteiger partial charge in [-0.25, -0.2) is 0 Å². The predicted octanol–water partition coefficient (Wildman–Crippen LogP) is 5.26. The van der Waals surface area contributed by atoms with Gasteiger partial charge in [0.2, 0.25) is 11.8 Å². The van der Waals surface area contributed by atoms with Crippen LogP contribution in [0.3, 0.4) is 0 Å². The van der Waals surface area contributed by atoms with Crippen LogP contribution in [-0.2, 0) is 22.7 Å². The highest BCUT2D eigenvalue weighted by Gasteiger charge is 2.25. The SMILES string of the molecule is CC[C@@H](C)N(CC(=O)N(Cc1ccccc1)Cc1sccc1C)C(=O)CC(C)C. The van der Waals surface area contributed by atoms with Gasteiger partial charge in [0.25, 0.3) is 0 Å². The first-order valence-corrected chi connectivity index (χ1v) is 11.3. The Morgan fingerprint density at radius 1 is 1.00 bits per heavy atom. The lowest BCUT2D eigenvalue weighted by molar-refractivity contribution is -0.143. The highest BCUT2D eigenvalue weighted by Crippen LogP contribution is 2.20. The lowest BCUT2D eigenvalue weighted by Crippen LogP contribution is -2.46. The summed E-state index contributed by atoms with van der Waals surface area (Å²) in [6.45, 7) is 11.5. The second kappa shape index (κ2) is 11.1. The molecule has 1 aromatic heterocycles. The maximum Gasteiger partial charge on any atom is 0.242 e. The number of thiophene rings is 1. The highest BCUT2D eigenvalue weighted by molar-refractivity contribution is 7.10. The summed E-state index contributed by atoms with van der Waals surface area (Å²) in [5.74, 6) is 0.340. The lowest BCUT2D eigenvalue weighted by atomic mass is 10.1. The molecule has 0 spiro atoms. The van der Waals surface area contributed by atoms with Crippen molar-refractivity contribution < 1.29 is 9.59 Å². The van der Waals surface area contributed by atoms with Gasteiger partial charge in [-0.2, -0.15) is 0 Å². The summed E-state index contributed by atoms with van der Waals surface area (Å²) in [6, 6.07) is 12.2. The van der Waals surface area contributed by atoms with Gasteiger partial charge in [-0.3, -0.25) is 9.59 Å². The van der Waals surface area contributed by atoms with Crippen molar-refractivity contribution in [3.63, 3.8) is 0 Å². The molecule has 5 heteroatoms. The molecule has 29 heavy (non-hydrogen) atoms. The summed E-state index contributed by atoms with van der Waals surface area (Å²) in [6.07, 6.45) is 1.31. The van der Waals surface area contributed by atoms with E-state index in [1.165, 1.54) is 10.4 Å². The second-order valence-electron chi connectivity index (χ2n) is 8.14. The number of amides is 2. The van der Waals surface area contributed by atoms with E-state index < -0.39 is 0 Å². The molecule has 0 unspecified atom stereocenters. The van der Waals surface area contributed by atoms with Crippen LogP contribution in [0.15, 0.2) is 41.8 Å². The standard InChI is InChI=1S/C24H34N2O2S/c1-6-20(5)26(23(27)14-18(2)3)17-24(28)25(15-21-10-8-7-9-11-21)16-22-19(4)12-13-29-22/h7-13,18,20H,6,14-17H2,1-5H3/t20-/m1/s1. The van der Waals surface area contributed by atoms with Crippen molar-refractivity contribution in [1.82, 2.24) is 9.80 Å². The van der Waals surface area contributed by atoms with E-state index in [2.05, 4.69) is 25.3 Å². The number of hydrogen-bond donors (Lipinski definition) is 0. The van der Waals surface area contributed by atoms with Crippen LogP contribution in [0.5, 0.6) is 0 Å². The zero-order valence-electron chi connectivity index (χ0n) is 18.4. The fraction of sp³-hybridized carbons (Fsp3) is 0.500. The number of aryl methyl sites for hydroxylation is 1. The van der Waals surface area contributed by atoms with Crippen molar-refractivity contribution in [3.8, 4) is 0 Å². The minimum atomic E-state index is -0.000871. The molecule has 0 saturated carbocycles. The quantitative estimate of drug-likeness (QED) is 0.532. The maximum atomic E-state index is 13.3. The van der Waals surface area contributed by atoms with Crippen molar-refractivity contribution in [2.45, 2.75) is 66.6 Å². The first kappa shape index (κ1) is 23.1. The van der Waals surface area contributed by atoms with Crippen LogP contribution in [0, 0.1) is 12.8 Å². The number of rotatable bonds is 10. The van der Waals surface area contributed by atoms with E-state index in [-0.39, 0.29) is 30.3 Å². The Bertz CT molecular complexity index is 785. The molecule has 1 heterocycles. The van der Waals surface area contributed by atoms with Gasteiger partial charge >= 0.3 is 0 Å². The minimum absolute atomic E-state index is 0.000871. The first-order chi connectivity index (χ1) is 13.8. The number of carbonyl (C=O) groups excluding carboxylic acids is 2. The predicted molar refractivity (Wildman–Crippen MR) is 121 cm³/mol. The number of benzene rings is 1. The first-order valence-electron chi connectivity index (χ1n) is 10.5. The van der Waals surface area contributed by atoms with Gasteiger partial charge in [-0.15, -0.1) is 11.3 Å². The molecule has 158 valence electrons. The molecule has 0 aliphatic rings. The summed E-state index contributed by atoms with van der Waals surface area (Å²) >= 11 is 1.68. The fourth-order valence-corrected chi connectivity index (χ4v) is 4.12. The van der Waals surface area contributed by atoms with Gasteiger partial charge in [-0.05, 0) is 48.8 Å². The largest absolute Gasteiger partial charge is 0.332 e. The summed E-state index contributed by atoms with van der Waals surface area (Å²) < 4.78 is 0.